The van der Waals surface area contributed by atoms with Crippen LogP contribution < -0.4 is 11.1 Å². The molecule has 0 aliphatic heterocycles. The van der Waals surface area contributed by atoms with Crippen molar-refractivity contribution in [3.8, 4) is 0 Å². The fraction of sp³-hybridized carbons (Fsp3) is 0.556. The van der Waals surface area contributed by atoms with Gasteiger partial charge >= 0.3 is 0 Å². The average Bonchev–Trinajstić information content (AvgIpc) is 2.56. The number of aromatic nitrogens is 1. The van der Waals surface area contributed by atoms with Gasteiger partial charge < -0.3 is 5.73 Å². The van der Waals surface area contributed by atoms with Crippen molar-refractivity contribution in [2.24, 2.45) is 11.7 Å². The molecule has 1 rings (SSSR count). The number of nitrogens with two attached hydrogens (primary N) is 1. The van der Waals surface area contributed by atoms with Gasteiger partial charge in [-0.05, 0) is 12.5 Å². The van der Waals surface area contributed by atoms with Crippen molar-refractivity contribution in [2.75, 3.05) is 6.54 Å². The Morgan fingerprint density at radius 1 is 1.71 bits per heavy atom. The maximum Gasteiger partial charge on any atom is 0.241 e. The van der Waals surface area contributed by atoms with E-state index >= 15 is 0 Å². The summed E-state index contributed by atoms with van der Waals surface area (Å²) >= 11 is 1.44. The minimum Gasteiger partial charge on any atom is -0.368 e. The Kier molecular flexibility index (Phi) is 4.03. The minimum atomic E-state index is -0.447. The highest BCUT2D eigenvalue weighted by Gasteiger charge is 2.19. The Balaban J connectivity index is 2.61. The highest BCUT2D eigenvalue weighted by molar-refractivity contribution is 7.09. The van der Waals surface area contributed by atoms with Crippen LogP contribution in [0, 0.1) is 5.92 Å². The summed E-state index contributed by atoms with van der Waals surface area (Å²) in [6, 6.07) is -0.447. The first-order valence-corrected chi connectivity index (χ1v) is 5.41. The number of rotatable bonds is 5. The number of nitrogens with zero attached hydrogens (tertiary/aromatic N) is 1. The van der Waals surface area contributed by atoms with Gasteiger partial charge in [-0.25, -0.2) is 4.98 Å². The quantitative estimate of drug-likeness (QED) is 0.764. The maximum atomic E-state index is 11.1. The van der Waals surface area contributed by atoms with E-state index in [0.717, 1.165) is 11.6 Å². The lowest BCUT2D eigenvalue weighted by Crippen LogP contribution is -2.35. The molecule has 0 aliphatic rings. The summed E-state index contributed by atoms with van der Waals surface area (Å²) in [5.74, 6) is 0.109. The lowest BCUT2D eigenvalue weighted by molar-refractivity contribution is -0.120. The molecule has 0 bridgehead atoms. The van der Waals surface area contributed by atoms with E-state index in [4.69, 9.17) is 5.73 Å². The van der Waals surface area contributed by atoms with Gasteiger partial charge in [0.2, 0.25) is 5.91 Å². The molecule has 1 heterocycles. The van der Waals surface area contributed by atoms with Crippen molar-refractivity contribution < 1.29 is 4.79 Å². The topological polar surface area (TPSA) is 68.0 Å². The molecule has 3 N–H and O–H groups in total. The van der Waals surface area contributed by atoms with Gasteiger partial charge in [-0.1, -0.05) is 13.8 Å². The predicted octanol–water partition coefficient (Wildman–Crippen LogP) is 0.915. The summed E-state index contributed by atoms with van der Waals surface area (Å²) in [5, 5.41) is 5.66. The van der Waals surface area contributed by atoms with E-state index in [1.54, 1.807) is 6.20 Å². The van der Waals surface area contributed by atoms with E-state index in [1.807, 2.05) is 5.38 Å². The number of primary amides is 1. The number of amides is 1. The highest BCUT2D eigenvalue weighted by atomic mass is 32.1. The molecule has 4 nitrogen and oxygen atoms in total. The molecule has 78 valence electrons. The van der Waals surface area contributed by atoms with Crippen LogP contribution in [0.5, 0.6) is 0 Å². The second-order valence-corrected chi connectivity index (χ2v) is 4.43. The SMILES string of the molecule is CC(C)CNC(C(N)=O)c1nccs1. The first kappa shape index (κ1) is 11.1. The van der Waals surface area contributed by atoms with Crippen LogP contribution in [0.4, 0.5) is 0 Å². The first-order chi connectivity index (χ1) is 6.61. The van der Waals surface area contributed by atoms with E-state index in [0.29, 0.717) is 5.92 Å². The van der Waals surface area contributed by atoms with Crippen LogP contribution in [-0.4, -0.2) is 17.4 Å². The van der Waals surface area contributed by atoms with Gasteiger partial charge in [0.25, 0.3) is 0 Å². The molecule has 5 heteroatoms. The van der Waals surface area contributed by atoms with Crippen molar-refractivity contribution in [1.29, 1.82) is 0 Å². The highest BCUT2D eigenvalue weighted by Crippen LogP contribution is 2.15. The Labute approximate surface area is 87.5 Å². The van der Waals surface area contributed by atoms with E-state index in [2.05, 4.69) is 24.1 Å². The van der Waals surface area contributed by atoms with Crippen LogP contribution in [0.25, 0.3) is 0 Å². The van der Waals surface area contributed by atoms with Crippen molar-refractivity contribution in [2.45, 2.75) is 19.9 Å². The smallest absolute Gasteiger partial charge is 0.241 e. The first-order valence-electron chi connectivity index (χ1n) is 4.53. The molecule has 0 spiro atoms. The van der Waals surface area contributed by atoms with Crippen LogP contribution in [0.3, 0.4) is 0 Å². The summed E-state index contributed by atoms with van der Waals surface area (Å²) in [6.45, 7) is 4.91. The standard InChI is InChI=1S/C9H15N3OS/c1-6(2)5-12-7(8(10)13)9-11-3-4-14-9/h3-4,6-7,12H,5H2,1-2H3,(H2,10,13). The molecule has 1 aromatic heterocycles. The van der Waals surface area contributed by atoms with Crippen molar-refractivity contribution >= 4 is 17.2 Å². The number of thiazole rings is 1. The third kappa shape index (κ3) is 3.08. The van der Waals surface area contributed by atoms with Gasteiger partial charge in [0.15, 0.2) is 0 Å². The monoisotopic (exact) mass is 213 g/mol. The van der Waals surface area contributed by atoms with Crippen molar-refractivity contribution in [3.05, 3.63) is 16.6 Å². The zero-order valence-corrected chi connectivity index (χ0v) is 9.17. The van der Waals surface area contributed by atoms with E-state index in [9.17, 15) is 4.79 Å². The molecule has 0 saturated heterocycles. The van der Waals surface area contributed by atoms with Crippen molar-refractivity contribution in [3.63, 3.8) is 0 Å². The van der Waals surface area contributed by atoms with E-state index < -0.39 is 6.04 Å². The second kappa shape index (κ2) is 5.07. The second-order valence-electron chi connectivity index (χ2n) is 3.51. The third-order valence-electron chi connectivity index (χ3n) is 1.71. The molecule has 0 fully saturated rings. The zero-order valence-electron chi connectivity index (χ0n) is 8.36. The summed E-state index contributed by atoms with van der Waals surface area (Å²) in [7, 11) is 0. The third-order valence-corrected chi connectivity index (χ3v) is 2.55. The molecule has 0 saturated carbocycles. The lowest BCUT2D eigenvalue weighted by atomic mass is 10.2. The van der Waals surface area contributed by atoms with E-state index in [1.165, 1.54) is 11.3 Å². The van der Waals surface area contributed by atoms with Gasteiger partial charge in [-0.15, -0.1) is 11.3 Å². The lowest BCUT2D eigenvalue weighted by Gasteiger charge is -2.14. The fourth-order valence-corrected chi connectivity index (χ4v) is 1.76. The Hall–Kier alpha value is -0.940. The van der Waals surface area contributed by atoms with Gasteiger partial charge in [0.1, 0.15) is 11.0 Å². The van der Waals surface area contributed by atoms with Crippen molar-refractivity contribution in [1.82, 2.24) is 10.3 Å². The molecule has 14 heavy (non-hydrogen) atoms. The van der Waals surface area contributed by atoms with Crippen LogP contribution in [0.15, 0.2) is 11.6 Å². The molecule has 0 aliphatic carbocycles. The Morgan fingerprint density at radius 3 is 2.86 bits per heavy atom. The molecular formula is C9H15N3OS. The molecule has 1 aromatic rings. The number of nitrogens with one attached hydrogen (secondary N) is 1. The van der Waals surface area contributed by atoms with Crippen LogP contribution in [0.1, 0.15) is 24.9 Å². The van der Waals surface area contributed by atoms with E-state index in [-0.39, 0.29) is 5.91 Å². The molecule has 0 radical (unpaired) electrons. The van der Waals surface area contributed by atoms with Crippen LogP contribution in [-0.2, 0) is 4.79 Å². The number of hydrogen-bond acceptors (Lipinski definition) is 4. The Morgan fingerprint density at radius 2 is 2.43 bits per heavy atom. The normalized spacial score (nSPS) is 13.1. The number of hydrogen-bond donors (Lipinski definition) is 2. The fourth-order valence-electron chi connectivity index (χ4n) is 1.04. The summed E-state index contributed by atoms with van der Waals surface area (Å²) in [4.78, 5) is 15.2. The molecule has 1 unspecified atom stereocenters. The van der Waals surface area contributed by atoms with Gasteiger partial charge in [-0.2, -0.15) is 0 Å². The summed E-state index contributed by atoms with van der Waals surface area (Å²) in [5.41, 5.74) is 5.28. The zero-order chi connectivity index (χ0) is 10.6. The average molecular weight is 213 g/mol. The van der Waals surface area contributed by atoms with Gasteiger partial charge in [0.05, 0.1) is 0 Å². The predicted molar refractivity (Wildman–Crippen MR) is 56.9 cm³/mol. The van der Waals surface area contributed by atoms with Gasteiger partial charge in [-0.3, -0.25) is 10.1 Å². The molecular weight excluding hydrogens is 198 g/mol. The number of carbonyl (C=O) groups excluding carboxylic acids is 1. The van der Waals surface area contributed by atoms with Gasteiger partial charge in [0, 0.05) is 11.6 Å². The largest absolute Gasteiger partial charge is 0.368 e. The maximum absolute atomic E-state index is 11.1. The molecule has 1 amide bonds. The van der Waals surface area contributed by atoms with Crippen LogP contribution >= 0.6 is 11.3 Å². The summed E-state index contributed by atoms with van der Waals surface area (Å²) in [6.07, 6.45) is 1.67. The molecule has 1 atom stereocenters. The number of carbonyl (C=O) groups is 1. The Bertz CT molecular complexity index is 284. The van der Waals surface area contributed by atoms with Crippen LogP contribution in [0.2, 0.25) is 0 Å². The molecule has 0 aromatic carbocycles. The summed E-state index contributed by atoms with van der Waals surface area (Å²) < 4.78 is 0. The minimum absolute atomic E-state index is 0.374.